The number of anilines is 1. The first kappa shape index (κ1) is 14.5. The van der Waals surface area contributed by atoms with Gasteiger partial charge in [0.15, 0.2) is 0 Å². The van der Waals surface area contributed by atoms with Crippen molar-refractivity contribution in [1.82, 2.24) is 0 Å². The predicted molar refractivity (Wildman–Crippen MR) is 79.1 cm³/mol. The fraction of sp³-hybridized carbons (Fsp3) is 0.600. The molecule has 0 amide bonds. The summed E-state index contributed by atoms with van der Waals surface area (Å²) < 4.78 is 5.26. The number of methoxy groups -OCH3 is 1. The van der Waals surface area contributed by atoms with E-state index in [2.05, 4.69) is 5.32 Å². The average Bonchev–Trinajstić information content (AvgIpc) is 2.89. The second-order valence-electron chi connectivity index (χ2n) is 5.27. The van der Waals surface area contributed by atoms with Crippen molar-refractivity contribution in [3.63, 3.8) is 0 Å². The molecule has 106 valence electrons. The molecule has 1 aromatic carbocycles. The van der Waals surface area contributed by atoms with Gasteiger partial charge in [0.05, 0.1) is 18.9 Å². The molecule has 1 fully saturated rings. The molecule has 2 rings (SSSR count). The minimum Gasteiger partial charge on any atom is -0.495 e. The predicted octanol–water partition coefficient (Wildman–Crippen LogP) is 3.70. The van der Waals surface area contributed by atoms with Gasteiger partial charge < -0.3 is 15.2 Å². The summed E-state index contributed by atoms with van der Waals surface area (Å²) in [6, 6.07) is 5.44. The Kier molecular flexibility index (Phi) is 5.34. The van der Waals surface area contributed by atoms with Gasteiger partial charge in [-0.3, -0.25) is 0 Å². The van der Waals surface area contributed by atoms with E-state index in [1.165, 1.54) is 25.7 Å². The summed E-state index contributed by atoms with van der Waals surface area (Å²) in [5, 5.41) is 13.9. The molecular weight excluding hydrogens is 262 g/mol. The molecule has 3 nitrogen and oxygen atoms in total. The van der Waals surface area contributed by atoms with Crippen molar-refractivity contribution in [2.45, 2.75) is 38.2 Å². The molecule has 19 heavy (non-hydrogen) atoms. The third kappa shape index (κ3) is 4.29. The highest BCUT2D eigenvalue weighted by Crippen LogP contribution is 2.30. The molecule has 1 aliphatic rings. The molecule has 0 bridgehead atoms. The summed E-state index contributed by atoms with van der Waals surface area (Å²) >= 11 is 5.97. The third-order valence-electron chi connectivity index (χ3n) is 3.77. The molecule has 0 saturated heterocycles. The lowest BCUT2D eigenvalue weighted by Crippen LogP contribution is -2.22. The second-order valence-corrected chi connectivity index (χ2v) is 5.70. The molecule has 0 radical (unpaired) electrons. The molecule has 1 atom stereocenters. The normalized spacial score (nSPS) is 17.4. The SMILES string of the molecule is COc1ccc(Cl)cc1NCC(O)CC1CCCC1. The van der Waals surface area contributed by atoms with E-state index in [9.17, 15) is 5.11 Å². The zero-order valence-corrected chi connectivity index (χ0v) is 12.1. The maximum absolute atomic E-state index is 10.1. The largest absolute Gasteiger partial charge is 0.495 e. The number of hydrogen-bond donors (Lipinski definition) is 2. The number of ether oxygens (including phenoxy) is 1. The minimum atomic E-state index is -0.313. The molecule has 1 saturated carbocycles. The van der Waals surface area contributed by atoms with Crippen LogP contribution in [0.4, 0.5) is 5.69 Å². The summed E-state index contributed by atoms with van der Waals surface area (Å²) in [4.78, 5) is 0. The monoisotopic (exact) mass is 283 g/mol. The summed E-state index contributed by atoms with van der Waals surface area (Å²) in [6.07, 6.45) is 5.72. The van der Waals surface area contributed by atoms with Crippen LogP contribution in [0.1, 0.15) is 32.1 Å². The van der Waals surface area contributed by atoms with Crippen LogP contribution < -0.4 is 10.1 Å². The van der Waals surface area contributed by atoms with Crippen molar-refractivity contribution >= 4 is 17.3 Å². The van der Waals surface area contributed by atoms with Crippen molar-refractivity contribution < 1.29 is 9.84 Å². The molecule has 0 aromatic heterocycles. The first-order valence-electron chi connectivity index (χ1n) is 6.94. The van der Waals surface area contributed by atoms with Crippen LogP contribution in [0.5, 0.6) is 5.75 Å². The van der Waals surface area contributed by atoms with Crippen LogP contribution in [0, 0.1) is 5.92 Å². The topological polar surface area (TPSA) is 41.5 Å². The van der Waals surface area contributed by atoms with E-state index in [0.29, 0.717) is 17.5 Å². The van der Waals surface area contributed by atoms with E-state index in [4.69, 9.17) is 16.3 Å². The Morgan fingerprint density at radius 3 is 2.84 bits per heavy atom. The number of aliphatic hydroxyl groups excluding tert-OH is 1. The highest BCUT2D eigenvalue weighted by molar-refractivity contribution is 6.30. The van der Waals surface area contributed by atoms with Crippen LogP contribution in [-0.4, -0.2) is 24.9 Å². The van der Waals surface area contributed by atoms with E-state index in [1.54, 1.807) is 13.2 Å². The number of hydrogen-bond acceptors (Lipinski definition) is 3. The van der Waals surface area contributed by atoms with Crippen molar-refractivity contribution in [2.75, 3.05) is 19.0 Å². The Balaban J connectivity index is 1.85. The number of halogens is 1. The van der Waals surface area contributed by atoms with E-state index in [0.717, 1.165) is 17.9 Å². The molecular formula is C15H22ClNO2. The average molecular weight is 284 g/mol. The lowest BCUT2D eigenvalue weighted by atomic mass is 10.00. The maximum atomic E-state index is 10.1. The number of nitrogens with one attached hydrogen (secondary N) is 1. The Morgan fingerprint density at radius 2 is 2.16 bits per heavy atom. The minimum absolute atomic E-state index is 0.313. The zero-order valence-electron chi connectivity index (χ0n) is 11.4. The first-order chi connectivity index (χ1) is 9.19. The van der Waals surface area contributed by atoms with Gasteiger partial charge in [-0.05, 0) is 30.5 Å². The zero-order chi connectivity index (χ0) is 13.7. The third-order valence-corrected chi connectivity index (χ3v) is 4.00. The lowest BCUT2D eigenvalue weighted by Gasteiger charge is -2.18. The molecule has 0 spiro atoms. The van der Waals surface area contributed by atoms with Gasteiger partial charge in [-0.25, -0.2) is 0 Å². The van der Waals surface area contributed by atoms with Crippen LogP contribution in [-0.2, 0) is 0 Å². The second kappa shape index (κ2) is 7.01. The van der Waals surface area contributed by atoms with Gasteiger partial charge in [0.2, 0.25) is 0 Å². The van der Waals surface area contributed by atoms with Gasteiger partial charge in [0.1, 0.15) is 5.75 Å². The van der Waals surface area contributed by atoms with Crippen LogP contribution in [0.3, 0.4) is 0 Å². The number of rotatable bonds is 6. The summed E-state index contributed by atoms with van der Waals surface area (Å²) in [6.45, 7) is 0.535. The van der Waals surface area contributed by atoms with E-state index in [1.807, 2.05) is 12.1 Å². The van der Waals surface area contributed by atoms with Crippen LogP contribution in [0.25, 0.3) is 0 Å². The molecule has 0 aliphatic heterocycles. The van der Waals surface area contributed by atoms with Crippen LogP contribution in [0.15, 0.2) is 18.2 Å². The van der Waals surface area contributed by atoms with Crippen molar-refractivity contribution in [1.29, 1.82) is 0 Å². The van der Waals surface area contributed by atoms with Gasteiger partial charge in [-0.1, -0.05) is 37.3 Å². The Labute approximate surface area is 119 Å². The molecule has 4 heteroatoms. The van der Waals surface area contributed by atoms with Gasteiger partial charge in [-0.2, -0.15) is 0 Å². The van der Waals surface area contributed by atoms with E-state index >= 15 is 0 Å². The highest BCUT2D eigenvalue weighted by atomic mass is 35.5. The van der Waals surface area contributed by atoms with Crippen LogP contribution >= 0.6 is 11.6 Å². The van der Waals surface area contributed by atoms with E-state index < -0.39 is 0 Å². The van der Waals surface area contributed by atoms with Gasteiger partial charge in [0, 0.05) is 11.6 Å². The smallest absolute Gasteiger partial charge is 0.142 e. The molecule has 1 unspecified atom stereocenters. The maximum Gasteiger partial charge on any atom is 0.142 e. The summed E-state index contributed by atoms with van der Waals surface area (Å²) in [5.74, 6) is 1.44. The van der Waals surface area contributed by atoms with Crippen molar-refractivity contribution in [3.05, 3.63) is 23.2 Å². The molecule has 2 N–H and O–H groups in total. The molecule has 1 aliphatic carbocycles. The van der Waals surface area contributed by atoms with Crippen molar-refractivity contribution in [3.8, 4) is 5.75 Å². The number of benzene rings is 1. The van der Waals surface area contributed by atoms with E-state index in [-0.39, 0.29) is 6.10 Å². The van der Waals surface area contributed by atoms with Crippen molar-refractivity contribution in [2.24, 2.45) is 5.92 Å². The summed E-state index contributed by atoms with van der Waals surface area (Å²) in [7, 11) is 1.63. The molecule has 1 aromatic rings. The highest BCUT2D eigenvalue weighted by Gasteiger charge is 2.18. The van der Waals surface area contributed by atoms with Gasteiger partial charge in [-0.15, -0.1) is 0 Å². The quantitative estimate of drug-likeness (QED) is 0.836. The Hall–Kier alpha value is -0.930. The number of aliphatic hydroxyl groups is 1. The van der Waals surface area contributed by atoms with Crippen LogP contribution in [0.2, 0.25) is 5.02 Å². The lowest BCUT2D eigenvalue weighted by molar-refractivity contribution is 0.155. The standard InChI is InChI=1S/C15H22ClNO2/c1-19-15-7-6-12(16)9-14(15)17-10-13(18)8-11-4-2-3-5-11/h6-7,9,11,13,17-18H,2-5,8,10H2,1H3. The Morgan fingerprint density at radius 1 is 1.42 bits per heavy atom. The Bertz CT molecular complexity index is 405. The first-order valence-corrected chi connectivity index (χ1v) is 7.32. The summed E-state index contributed by atoms with van der Waals surface area (Å²) in [5.41, 5.74) is 0.834. The van der Waals surface area contributed by atoms with Gasteiger partial charge >= 0.3 is 0 Å². The molecule has 0 heterocycles. The van der Waals surface area contributed by atoms with Gasteiger partial charge in [0.25, 0.3) is 0 Å². The fourth-order valence-corrected chi connectivity index (χ4v) is 2.93. The fourth-order valence-electron chi connectivity index (χ4n) is 2.76.